The Bertz CT molecular complexity index is 909. The zero-order chi connectivity index (χ0) is 19.2. The minimum atomic E-state index is -0.208. The van der Waals surface area contributed by atoms with Gasteiger partial charge in [-0.15, -0.1) is 0 Å². The molecule has 1 N–H and O–H groups in total. The third-order valence-corrected chi connectivity index (χ3v) is 4.89. The van der Waals surface area contributed by atoms with Crippen LogP contribution in [0.5, 0.6) is 5.75 Å². The molecule has 27 heavy (non-hydrogen) atoms. The van der Waals surface area contributed by atoms with Gasteiger partial charge < -0.3 is 10.1 Å². The van der Waals surface area contributed by atoms with E-state index in [0.717, 1.165) is 16.7 Å². The lowest BCUT2D eigenvalue weighted by Gasteiger charge is -2.24. The van der Waals surface area contributed by atoms with Gasteiger partial charge in [-0.2, -0.15) is 0 Å². The van der Waals surface area contributed by atoms with Crippen LogP contribution in [0, 0.1) is 0 Å². The molecule has 3 aromatic rings. The van der Waals surface area contributed by atoms with Crippen molar-refractivity contribution in [3.8, 4) is 5.75 Å². The molecule has 0 aliphatic heterocycles. The molecular formula is C23H26N2O2. The smallest absolute Gasteiger partial charge is 0.237 e. The minimum Gasteiger partial charge on any atom is -0.497 e. The predicted molar refractivity (Wildman–Crippen MR) is 110 cm³/mol. The number of amides is 1. The average Bonchev–Trinajstić information content (AvgIpc) is 2.71. The third kappa shape index (κ3) is 4.86. The van der Waals surface area contributed by atoms with Gasteiger partial charge in [-0.05, 0) is 54.1 Å². The van der Waals surface area contributed by atoms with Gasteiger partial charge in [-0.3, -0.25) is 9.69 Å². The molecule has 0 saturated carbocycles. The molecule has 140 valence electrons. The van der Waals surface area contributed by atoms with Crippen LogP contribution in [-0.4, -0.2) is 31.0 Å². The molecule has 0 spiro atoms. The summed E-state index contributed by atoms with van der Waals surface area (Å²) in [6.07, 6.45) is 0. The Morgan fingerprint density at radius 1 is 1.00 bits per heavy atom. The highest BCUT2D eigenvalue weighted by Crippen LogP contribution is 2.22. The molecule has 0 unspecified atom stereocenters. The maximum Gasteiger partial charge on any atom is 0.237 e. The number of carbonyl (C=O) groups is 1. The first-order valence-electron chi connectivity index (χ1n) is 9.15. The molecule has 0 aliphatic carbocycles. The monoisotopic (exact) mass is 362 g/mol. The summed E-state index contributed by atoms with van der Waals surface area (Å²) in [6.45, 7) is 3.20. The number of hydrogen-bond acceptors (Lipinski definition) is 3. The van der Waals surface area contributed by atoms with Crippen LogP contribution < -0.4 is 10.1 Å². The van der Waals surface area contributed by atoms with Gasteiger partial charge in [0.2, 0.25) is 5.91 Å². The third-order valence-electron chi connectivity index (χ3n) is 4.89. The number of methoxy groups -OCH3 is 1. The van der Waals surface area contributed by atoms with Crippen LogP contribution in [0.3, 0.4) is 0 Å². The zero-order valence-electron chi connectivity index (χ0n) is 16.1. The fourth-order valence-corrected chi connectivity index (χ4v) is 3.06. The highest BCUT2D eigenvalue weighted by molar-refractivity contribution is 5.84. The van der Waals surface area contributed by atoms with Crippen molar-refractivity contribution in [2.45, 2.75) is 26.1 Å². The molecule has 0 fully saturated rings. The quantitative estimate of drug-likeness (QED) is 0.691. The summed E-state index contributed by atoms with van der Waals surface area (Å²) in [6, 6.07) is 22.2. The molecule has 0 saturated heterocycles. The zero-order valence-corrected chi connectivity index (χ0v) is 16.1. The van der Waals surface area contributed by atoms with Gasteiger partial charge in [0.05, 0.1) is 13.2 Å². The van der Waals surface area contributed by atoms with Crippen LogP contribution in [0.25, 0.3) is 10.8 Å². The van der Waals surface area contributed by atoms with Crippen LogP contribution in [0.4, 0.5) is 0 Å². The Hall–Kier alpha value is -2.85. The number of rotatable bonds is 7. The van der Waals surface area contributed by atoms with Gasteiger partial charge in [-0.1, -0.05) is 48.5 Å². The number of hydrogen-bond donors (Lipinski definition) is 1. The SMILES string of the molecule is COc1ccc2cc(CN(C)[C@H](C)C(=O)NCc3ccccc3)ccc2c1. The van der Waals surface area contributed by atoms with E-state index < -0.39 is 0 Å². The van der Waals surface area contributed by atoms with Gasteiger partial charge in [-0.25, -0.2) is 0 Å². The summed E-state index contributed by atoms with van der Waals surface area (Å²) in [7, 11) is 3.65. The number of carbonyl (C=O) groups excluding carboxylic acids is 1. The molecule has 0 radical (unpaired) electrons. The number of likely N-dealkylation sites (N-methyl/N-ethyl adjacent to an activating group) is 1. The maximum absolute atomic E-state index is 12.5. The van der Waals surface area contributed by atoms with Crippen molar-refractivity contribution >= 4 is 16.7 Å². The molecule has 3 rings (SSSR count). The standard InChI is InChI=1S/C23H26N2O2/c1-17(23(26)24-15-18-7-5-4-6-8-18)25(2)16-19-9-10-21-14-22(27-3)12-11-20(21)13-19/h4-14,17H,15-16H2,1-3H3,(H,24,26)/t17-/m1/s1. The Morgan fingerprint density at radius 2 is 1.70 bits per heavy atom. The van der Waals surface area contributed by atoms with Gasteiger partial charge in [0.25, 0.3) is 0 Å². The number of ether oxygens (including phenoxy) is 1. The van der Waals surface area contributed by atoms with Gasteiger partial charge in [0.15, 0.2) is 0 Å². The van der Waals surface area contributed by atoms with Crippen LogP contribution in [0.2, 0.25) is 0 Å². The van der Waals surface area contributed by atoms with Crippen molar-refractivity contribution in [2.24, 2.45) is 0 Å². The van der Waals surface area contributed by atoms with E-state index in [1.165, 1.54) is 10.9 Å². The average molecular weight is 362 g/mol. The molecule has 0 aromatic heterocycles. The first kappa shape index (κ1) is 18.9. The second-order valence-corrected chi connectivity index (χ2v) is 6.84. The molecule has 3 aromatic carbocycles. The van der Waals surface area contributed by atoms with Gasteiger partial charge in [0, 0.05) is 13.1 Å². The first-order chi connectivity index (χ1) is 13.1. The Morgan fingerprint density at radius 3 is 2.44 bits per heavy atom. The Kier molecular flexibility index (Phi) is 6.09. The number of nitrogens with zero attached hydrogens (tertiary/aromatic N) is 1. The second kappa shape index (κ2) is 8.69. The lowest BCUT2D eigenvalue weighted by Crippen LogP contribution is -2.42. The first-order valence-corrected chi connectivity index (χ1v) is 9.15. The van der Waals surface area contributed by atoms with E-state index >= 15 is 0 Å². The molecule has 4 heteroatoms. The summed E-state index contributed by atoms with van der Waals surface area (Å²) in [5, 5.41) is 5.33. The summed E-state index contributed by atoms with van der Waals surface area (Å²) in [5.74, 6) is 0.892. The number of fused-ring (bicyclic) bond motifs is 1. The number of nitrogens with one attached hydrogen (secondary N) is 1. The normalized spacial score (nSPS) is 12.1. The topological polar surface area (TPSA) is 41.6 Å². The van der Waals surface area contributed by atoms with E-state index in [1.54, 1.807) is 7.11 Å². The van der Waals surface area contributed by atoms with E-state index in [2.05, 4.69) is 34.5 Å². The molecular weight excluding hydrogens is 336 g/mol. The lowest BCUT2D eigenvalue weighted by molar-refractivity contribution is -0.125. The van der Waals surface area contributed by atoms with Crippen molar-refractivity contribution in [1.29, 1.82) is 0 Å². The molecule has 1 amide bonds. The molecule has 4 nitrogen and oxygen atoms in total. The summed E-state index contributed by atoms with van der Waals surface area (Å²) < 4.78 is 5.28. The molecule has 1 atom stereocenters. The van der Waals surface area contributed by atoms with Gasteiger partial charge >= 0.3 is 0 Å². The summed E-state index contributed by atoms with van der Waals surface area (Å²) in [4.78, 5) is 14.5. The predicted octanol–water partition coefficient (Wildman–Crippen LogP) is 3.99. The van der Waals surface area contributed by atoms with E-state index in [-0.39, 0.29) is 11.9 Å². The summed E-state index contributed by atoms with van der Waals surface area (Å²) >= 11 is 0. The highest BCUT2D eigenvalue weighted by atomic mass is 16.5. The fraction of sp³-hybridized carbons (Fsp3) is 0.261. The maximum atomic E-state index is 12.5. The second-order valence-electron chi connectivity index (χ2n) is 6.84. The molecule has 0 heterocycles. The lowest BCUT2D eigenvalue weighted by atomic mass is 10.1. The number of benzene rings is 3. The Balaban J connectivity index is 1.60. The minimum absolute atomic E-state index is 0.0341. The van der Waals surface area contributed by atoms with Crippen molar-refractivity contribution in [3.63, 3.8) is 0 Å². The van der Waals surface area contributed by atoms with Crippen LogP contribution in [-0.2, 0) is 17.9 Å². The summed E-state index contributed by atoms with van der Waals surface area (Å²) in [5.41, 5.74) is 2.28. The van der Waals surface area contributed by atoms with E-state index in [1.807, 2.05) is 56.4 Å². The molecule has 0 bridgehead atoms. The van der Waals surface area contributed by atoms with Crippen molar-refractivity contribution < 1.29 is 9.53 Å². The van der Waals surface area contributed by atoms with Crippen molar-refractivity contribution in [1.82, 2.24) is 10.2 Å². The highest BCUT2D eigenvalue weighted by Gasteiger charge is 2.18. The Labute approximate surface area is 160 Å². The van der Waals surface area contributed by atoms with Crippen LogP contribution >= 0.6 is 0 Å². The largest absolute Gasteiger partial charge is 0.497 e. The van der Waals surface area contributed by atoms with Crippen molar-refractivity contribution in [2.75, 3.05) is 14.2 Å². The fourth-order valence-electron chi connectivity index (χ4n) is 3.06. The molecule has 0 aliphatic rings. The van der Waals surface area contributed by atoms with Gasteiger partial charge in [0.1, 0.15) is 5.75 Å². The van der Waals surface area contributed by atoms with E-state index in [9.17, 15) is 4.79 Å². The van der Waals surface area contributed by atoms with Crippen LogP contribution in [0.15, 0.2) is 66.7 Å². The van der Waals surface area contributed by atoms with Crippen molar-refractivity contribution in [3.05, 3.63) is 77.9 Å². The van der Waals surface area contributed by atoms with E-state index in [4.69, 9.17) is 4.74 Å². The van der Waals surface area contributed by atoms with Crippen LogP contribution in [0.1, 0.15) is 18.1 Å². The van der Waals surface area contributed by atoms with E-state index in [0.29, 0.717) is 13.1 Å².